The highest BCUT2D eigenvalue weighted by molar-refractivity contribution is 5.91. The number of carbonyl (C=O) groups excluding carboxylic acids is 1. The Bertz CT molecular complexity index is 353. The van der Waals surface area contributed by atoms with Crippen LogP contribution in [-0.4, -0.2) is 43.8 Å². The number of hydrogen-bond donors (Lipinski definition) is 0. The summed E-state index contributed by atoms with van der Waals surface area (Å²) in [7, 11) is 3.07. The van der Waals surface area contributed by atoms with Crippen molar-refractivity contribution in [2.75, 3.05) is 14.2 Å². The van der Waals surface area contributed by atoms with E-state index in [1.54, 1.807) is 27.0 Å². The van der Waals surface area contributed by atoms with E-state index in [-0.39, 0.29) is 18.0 Å². The Hall–Kier alpha value is -0.750. The van der Waals surface area contributed by atoms with Crippen LogP contribution < -0.4 is 0 Å². The Morgan fingerprint density at radius 2 is 1.82 bits per heavy atom. The lowest BCUT2D eigenvalue weighted by Gasteiger charge is -2.52. The molecule has 1 aliphatic carbocycles. The molecule has 4 atom stereocenters. The van der Waals surface area contributed by atoms with Crippen LogP contribution >= 0.6 is 0 Å². The predicted octanol–water partition coefficient (Wildman–Crippen LogP) is 1.02. The third-order valence-corrected chi connectivity index (χ3v) is 3.58. The number of hydrogen-bond acceptors (Lipinski definition) is 5. The van der Waals surface area contributed by atoms with E-state index < -0.39 is 11.6 Å². The molecular formula is C12H18O5. The second-order valence-electron chi connectivity index (χ2n) is 4.57. The zero-order valence-electron chi connectivity index (χ0n) is 10.6. The second-order valence-corrected chi connectivity index (χ2v) is 4.57. The number of rotatable bonds is 2. The van der Waals surface area contributed by atoms with Gasteiger partial charge in [0.25, 0.3) is 0 Å². The predicted molar refractivity (Wildman–Crippen MR) is 59.3 cm³/mol. The molecule has 0 aromatic rings. The van der Waals surface area contributed by atoms with Gasteiger partial charge in [-0.1, -0.05) is 0 Å². The summed E-state index contributed by atoms with van der Waals surface area (Å²) in [6.45, 7) is 3.51. The van der Waals surface area contributed by atoms with Crippen LogP contribution in [0.4, 0.5) is 0 Å². The third-order valence-electron chi connectivity index (χ3n) is 3.58. The number of carbonyl (C=O) groups is 1. The van der Waals surface area contributed by atoms with Crippen molar-refractivity contribution in [1.29, 1.82) is 0 Å². The summed E-state index contributed by atoms with van der Waals surface area (Å²) in [4.78, 5) is 11.4. The second kappa shape index (κ2) is 4.17. The van der Waals surface area contributed by atoms with Crippen molar-refractivity contribution in [3.63, 3.8) is 0 Å². The van der Waals surface area contributed by atoms with Crippen LogP contribution in [-0.2, 0) is 23.7 Å². The topological polar surface area (TPSA) is 54.0 Å². The number of methoxy groups -OCH3 is 2. The summed E-state index contributed by atoms with van der Waals surface area (Å²) in [6, 6.07) is 0. The highest BCUT2D eigenvalue weighted by Gasteiger charge is 2.56. The van der Waals surface area contributed by atoms with Gasteiger partial charge < -0.3 is 18.9 Å². The van der Waals surface area contributed by atoms with Gasteiger partial charge in [-0.15, -0.1) is 0 Å². The largest absolute Gasteiger partial charge is 0.349 e. The van der Waals surface area contributed by atoms with Gasteiger partial charge in [0.2, 0.25) is 11.6 Å². The van der Waals surface area contributed by atoms with Gasteiger partial charge >= 0.3 is 0 Å². The monoisotopic (exact) mass is 242 g/mol. The van der Waals surface area contributed by atoms with Crippen molar-refractivity contribution in [3.8, 4) is 0 Å². The molecule has 1 fully saturated rings. The van der Waals surface area contributed by atoms with E-state index in [1.807, 2.05) is 0 Å². The summed E-state index contributed by atoms with van der Waals surface area (Å²) in [5.74, 6) is -2.00. The molecule has 0 aromatic carbocycles. The van der Waals surface area contributed by atoms with E-state index in [4.69, 9.17) is 18.9 Å². The van der Waals surface area contributed by atoms with Gasteiger partial charge in [-0.25, -0.2) is 0 Å². The Morgan fingerprint density at radius 1 is 1.24 bits per heavy atom. The molecule has 1 saturated heterocycles. The molecular weight excluding hydrogens is 224 g/mol. The molecule has 0 bridgehead atoms. The van der Waals surface area contributed by atoms with Gasteiger partial charge in [-0.05, 0) is 26.0 Å². The third kappa shape index (κ3) is 1.93. The Morgan fingerprint density at radius 3 is 2.41 bits per heavy atom. The van der Waals surface area contributed by atoms with Gasteiger partial charge in [-0.2, -0.15) is 0 Å². The normalized spacial score (nSPS) is 45.8. The highest BCUT2D eigenvalue weighted by atomic mass is 16.8. The average Bonchev–Trinajstić information content (AvgIpc) is 2.31. The number of allylic oxidation sites excluding steroid dienone is 1. The van der Waals surface area contributed by atoms with E-state index in [0.717, 1.165) is 0 Å². The van der Waals surface area contributed by atoms with E-state index >= 15 is 0 Å². The molecule has 1 heterocycles. The molecule has 0 aromatic heterocycles. The standard InChI is InChI=1S/C12H18O5/c1-11(14-3)12(2,15-4)17-10-7-8(13)5-6-9(10)16-11/h5-6,9-10H,7H2,1-4H3/t9-,10?,11+,12+/m1/s1. The molecule has 0 amide bonds. The quantitative estimate of drug-likeness (QED) is 0.723. The zero-order valence-corrected chi connectivity index (χ0v) is 10.6. The molecule has 2 aliphatic rings. The van der Waals surface area contributed by atoms with Gasteiger partial charge in [0.15, 0.2) is 5.78 Å². The summed E-state index contributed by atoms with van der Waals surface area (Å²) in [5.41, 5.74) is 0. The lowest BCUT2D eigenvalue weighted by Crippen LogP contribution is -2.65. The molecule has 5 heteroatoms. The molecule has 0 N–H and O–H groups in total. The van der Waals surface area contributed by atoms with E-state index in [1.165, 1.54) is 13.2 Å². The molecule has 96 valence electrons. The van der Waals surface area contributed by atoms with Crippen molar-refractivity contribution in [1.82, 2.24) is 0 Å². The molecule has 17 heavy (non-hydrogen) atoms. The minimum atomic E-state index is -1.03. The van der Waals surface area contributed by atoms with Crippen LogP contribution in [0.15, 0.2) is 12.2 Å². The van der Waals surface area contributed by atoms with Crippen LogP contribution in [0.2, 0.25) is 0 Å². The van der Waals surface area contributed by atoms with Crippen LogP contribution in [0.25, 0.3) is 0 Å². The number of ketones is 1. The van der Waals surface area contributed by atoms with Crippen molar-refractivity contribution in [2.24, 2.45) is 0 Å². The molecule has 0 spiro atoms. The van der Waals surface area contributed by atoms with Gasteiger partial charge in [0.1, 0.15) is 6.10 Å². The fourth-order valence-electron chi connectivity index (χ4n) is 2.16. The van der Waals surface area contributed by atoms with Crippen molar-refractivity contribution in [3.05, 3.63) is 12.2 Å². The molecule has 1 aliphatic heterocycles. The van der Waals surface area contributed by atoms with Crippen LogP contribution in [0.1, 0.15) is 20.3 Å². The maximum Gasteiger partial charge on any atom is 0.220 e. The Kier molecular flexibility index (Phi) is 3.12. The smallest absolute Gasteiger partial charge is 0.220 e. The first-order chi connectivity index (χ1) is 7.94. The van der Waals surface area contributed by atoms with E-state index in [2.05, 4.69) is 0 Å². The van der Waals surface area contributed by atoms with E-state index in [0.29, 0.717) is 6.42 Å². The molecule has 2 rings (SSSR count). The van der Waals surface area contributed by atoms with Crippen LogP contribution in [0.5, 0.6) is 0 Å². The van der Waals surface area contributed by atoms with Crippen molar-refractivity contribution in [2.45, 2.75) is 44.1 Å². The summed E-state index contributed by atoms with van der Waals surface area (Å²) < 4.78 is 22.5. The summed E-state index contributed by atoms with van der Waals surface area (Å²) in [6.07, 6.45) is 2.94. The zero-order chi connectivity index (χ0) is 12.7. The lowest BCUT2D eigenvalue weighted by molar-refractivity contribution is -0.442. The fourth-order valence-corrected chi connectivity index (χ4v) is 2.16. The first-order valence-corrected chi connectivity index (χ1v) is 5.61. The lowest BCUT2D eigenvalue weighted by atomic mass is 9.96. The molecule has 1 unspecified atom stereocenters. The minimum Gasteiger partial charge on any atom is -0.349 e. The van der Waals surface area contributed by atoms with Gasteiger partial charge in [-0.3, -0.25) is 4.79 Å². The highest BCUT2D eigenvalue weighted by Crippen LogP contribution is 2.41. The van der Waals surface area contributed by atoms with Crippen LogP contribution in [0, 0.1) is 0 Å². The fraction of sp³-hybridized carbons (Fsp3) is 0.750. The summed E-state index contributed by atoms with van der Waals surface area (Å²) in [5, 5.41) is 0. The van der Waals surface area contributed by atoms with Crippen molar-refractivity contribution < 1.29 is 23.7 Å². The molecule has 0 radical (unpaired) electrons. The minimum absolute atomic E-state index is 0.0364. The molecule has 5 nitrogen and oxygen atoms in total. The van der Waals surface area contributed by atoms with Gasteiger partial charge in [0, 0.05) is 20.6 Å². The van der Waals surface area contributed by atoms with Crippen LogP contribution in [0.3, 0.4) is 0 Å². The number of fused-ring (bicyclic) bond motifs is 1. The molecule has 0 saturated carbocycles. The van der Waals surface area contributed by atoms with E-state index in [9.17, 15) is 4.79 Å². The maximum absolute atomic E-state index is 11.4. The SMILES string of the molecule is CO[C@@]1(C)OC2CC(=O)C=C[C@H]2O[C@]1(C)OC. The average molecular weight is 242 g/mol. The maximum atomic E-state index is 11.4. The first kappa shape index (κ1) is 12.7. The van der Waals surface area contributed by atoms with Gasteiger partial charge in [0.05, 0.1) is 6.10 Å². The summed E-state index contributed by atoms with van der Waals surface area (Å²) >= 11 is 0. The Labute approximate surface area is 101 Å². The first-order valence-electron chi connectivity index (χ1n) is 5.61. The van der Waals surface area contributed by atoms with Crippen molar-refractivity contribution >= 4 is 5.78 Å². The Balaban J connectivity index is 2.29. The number of ether oxygens (including phenoxy) is 4.